The van der Waals surface area contributed by atoms with Gasteiger partial charge in [-0.05, 0) is 0 Å². The predicted molar refractivity (Wildman–Crippen MR) is 38.6 cm³/mol. The Labute approximate surface area is 62.4 Å². The van der Waals surface area contributed by atoms with Crippen LogP contribution < -0.4 is 5.32 Å². The number of hydrogen-bond donors (Lipinski definition) is 1. The third-order valence-corrected chi connectivity index (χ3v) is 2.99. The second kappa shape index (κ2) is 4.09. The Kier molecular flexibility index (Phi) is 3.36. The molecule has 0 aromatic rings. The van der Waals surface area contributed by atoms with Crippen LogP contribution in [0.25, 0.3) is 0 Å². The zero-order valence-electron chi connectivity index (χ0n) is 5.36. The molecule has 0 aromatic heterocycles. The van der Waals surface area contributed by atoms with Crippen LogP contribution in [0.2, 0.25) is 0 Å². The van der Waals surface area contributed by atoms with Gasteiger partial charge in [-0.25, -0.2) is 4.67 Å². The van der Waals surface area contributed by atoms with E-state index in [0.717, 1.165) is 6.54 Å². The highest BCUT2D eigenvalue weighted by atomic mass is 31.1. The van der Waals surface area contributed by atoms with E-state index in [-0.39, 0.29) is 22.9 Å². The molecule has 0 spiro atoms. The van der Waals surface area contributed by atoms with Crippen LogP contribution in [0.4, 0.5) is 0 Å². The van der Waals surface area contributed by atoms with E-state index in [0.29, 0.717) is 13.1 Å². The standard InChI is InChI=1S/C4H8N2O2P2/c7-9-4-3-5-1-2-6(4)10-8/h4-5H,1-3H2. The quantitative estimate of drug-likeness (QED) is 0.633. The summed E-state index contributed by atoms with van der Waals surface area (Å²) in [6, 6.07) is 0. The molecule has 1 aliphatic rings. The minimum absolute atomic E-state index is 0.0273. The average molecular weight is 178 g/mol. The van der Waals surface area contributed by atoms with Crippen LogP contribution in [0.1, 0.15) is 0 Å². The Balaban J connectivity index is 2.49. The molecule has 1 saturated heterocycles. The fourth-order valence-corrected chi connectivity index (χ4v) is 1.92. The van der Waals surface area contributed by atoms with Gasteiger partial charge in [-0.2, -0.15) is 0 Å². The number of nitrogens with zero attached hydrogens (tertiary/aromatic N) is 1. The van der Waals surface area contributed by atoms with Gasteiger partial charge in [-0.1, -0.05) is 0 Å². The second-order valence-corrected chi connectivity index (χ2v) is 3.52. The molecule has 1 N–H and O–H groups in total. The maximum Gasteiger partial charge on any atom is 0.250 e. The van der Waals surface area contributed by atoms with Gasteiger partial charge in [0.15, 0.2) is 8.46 Å². The van der Waals surface area contributed by atoms with Gasteiger partial charge >= 0.3 is 0 Å². The van der Waals surface area contributed by atoms with Crippen molar-refractivity contribution in [3.05, 3.63) is 0 Å². The lowest BCUT2D eigenvalue weighted by atomic mass is 10.4. The van der Waals surface area contributed by atoms with Crippen molar-refractivity contribution < 1.29 is 9.13 Å². The van der Waals surface area contributed by atoms with Crippen LogP contribution in [0, 0.1) is 0 Å². The molecule has 0 bridgehead atoms. The van der Waals surface area contributed by atoms with Crippen molar-refractivity contribution in [2.75, 3.05) is 19.6 Å². The van der Waals surface area contributed by atoms with E-state index in [1.807, 2.05) is 0 Å². The molecule has 0 aromatic carbocycles. The van der Waals surface area contributed by atoms with Crippen molar-refractivity contribution in [2.24, 2.45) is 0 Å². The van der Waals surface area contributed by atoms with Crippen molar-refractivity contribution in [1.82, 2.24) is 9.99 Å². The lowest BCUT2D eigenvalue weighted by Gasteiger charge is -2.25. The SMILES string of the molecule is O=PC1CNCCN1P=O. The zero-order valence-corrected chi connectivity index (χ0v) is 7.15. The number of piperazine rings is 1. The molecular weight excluding hydrogens is 170 g/mol. The van der Waals surface area contributed by atoms with Crippen LogP contribution in [-0.2, 0) is 9.13 Å². The first kappa shape index (κ1) is 8.22. The Morgan fingerprint density at radius 2 is 2.30 bits per heavy atom. The smallest absolute Gasteiger partial charge is 0.250 e. The van der Waals surface area contributed by atoms with E-state index in [4.69, 9.17) is 0 Å². The van der Waals surface area contributed by atoms with Gasteiger partial charge in [0, 0.05) is 19.6 Å². The summed E-state index contributed by atoms with van der Waals surface area (Å²) >= 11 is 0. The first-order valence-electron chi connectivity index (χ1n) is 3.01. The first-order valence-corrected chi connectivity index (χ1v) is 4.66. The fraction of sp³-hybridized carbons (Fsp3) is 1.00. The summed E-state index contributed by atoms with van der Waals surface area (Å²) in [6.07, 6.45) is 0. The van der Waals surface area contributed by atoms with E-state index in [1.165, 1.54) is 0 Å². The molecule has 0 saturated carbocycles. The zero-order chi connectivity index (χ0) is 7.40. The van der Waals surface area contributed by atoms with Crippen molar-refractivity contribution in [3.8, 4) is 0 Å². The first-order chi connectivity index (χ1) is 4.88. The van der Waals surface area contributed by atoms with E-state index < -0.39 is 0 Å². The van der Waals surface area contributed by atoms with Crippen LogP contribution >= 0.6 is 17.1 Å². The van der Waals surface area contributed by atoms with Gasteiger partial charge in [-0.15, -0.1) is 0 Å². The molecule has 1 aliphatic heterocycles. The molecule has 0 aliphatic carbocycles. The number of hydrogen-bond acceptors (Lipinski definition) is 3. The van der Waals surface area contributed by atoms with Crippen LogP contribution in [-0.4, -0.2) is 30.1 Å². The topological polar surface area (TPSA) is 49.4 Å². The predicted octanol–water partition coefficient (Wildman–Crippen LogP) is 0.716. The second-order valence-electron chi connectivity index (χ2n) is 2.03. The monoisotopic (exact) mass is 178 g/mol. The Bertz CT molecular complexity index is 127. The fourth-order valence-electron chi connectivity index (χ4n) is 0.866. The normalized spacial score (nSPS) is 29.4. The van der Waals surface area contributed by atoms with E-state index in [9.17, 15) is 9.13 Å². The summed E-state index contributed by atoms with van der Waals surface area (Å²) in [5.74, 6) is -0.118. The van der Waals surface area contributed by atoms with Crippen LogP contribution in [0.3, 0.4) is 0 Å². The molecule has 0 radical (unpaired) electrons. The average Bonchev–Trinajstić information content (AvgIpc) is 2.04. The maximum absolute atomic E-state index is 10.4. The summed E-state index contributed by atoms with van der Waals surface area (Å²) in [4.78, 5) is 0. The molecule has 1 fully saturated rings. The van der Waals surface area contributed by atoms with Crippen molar-refractivity contribution in [3.63, 3.8) is 0 Å². The van der Waals surface area contributed by atoms with E-state index >= 15 is 0 Å². The Morgan fingerprint density at radius 1 is 1.50 bits per heavy atom. The summed E-state index contributed by atoms with van der Waals surface area (Å²) in [5, 5.41) is 3.06. The Morgan fingerprint density at radius 3 is 2.80 bits per heavy atom. The summed E-state index contributed by atoms with van der Waals surface area (Å²) in [6.45, 7) is 2.17. The number of nitrogens with one attached hydrogen (secondary N) is 1. The third kappa shape index (κ3) is 1.80. The minimum atomic E-state index is -0.118. The van der Waals surface area contributed by atoms with Crippen LogP contribution in [0.5, 0.6) is 0 Å². The summed E-state index contributed by atoms with van der Waals surface area (Å²) in [7, 11) is 0.0154. The molecule has 1 rings (SSSR count). The maximum atomic E-state index is 10.4. The highest BCUT2D eigenvalue weighted by Crippen LogP contribution is 2.20. The summed E-state index contributed by atoms with van der Waals surface area (Å²) in [5.41, 5.74) is 0. The Hall–Kier alpha value is 0.120. The van der Waals surface area contributed by atoms with Gasteiger partial charge in [0.25, 0.3) is 0 Å². The van der Waals surface area contributed by atoms with Gasteiger partial charge in [0.1, 0.15) is 5.78 Å². The molecule has 4 nitrogen and oxygen atoms in total. The largest absolute Gasteiger partial charge is 0.313 e. The van der Waals surface area contributed by atoms with Crippen molar-refractivity contribution in [2.45, 2.75) is 5.78 Å². The molecule has 1 atom stereocenters. The van der Waals surface area contributed by atoms with Gasteiger partial charge in [0.2, 0.25) is 8.61 Å². The van der Waals surface area contributed by atoms with Gasteiger partial charge in [-0.3, -0.25) is 9.13 Å². The van der Waals surface area contributed by atoms with Crippen molar-refractivity contribution in [1.29, 1.82) is 0 Å². The lowest BCUT2D eigenvalue weighted by Crippen LogP contribution is -2.43. The molecule has 1 heterocycles. The van der Waals surface area contributed by atoms with Crippen LogP contribution in [0.15, 0.2) is 0 Å². The van der Waals surface area contributed by atoms with Gasteiger partial charge < -0.3 is 5.32 Å². The highest BCUT2D eigenvalue weighted by molar-refractivity contribution is 7.27. The van der Waals surface area contributed by atoms with Gasteiger partial charge in [0.05, 0.1) is 0 Å². The highest BCUT2D eigenvalue weighted by Gasteiger charge is 2.21. The molecule has 6 heteroatoms. The van der Waals surface area contributed by atoms with Crippen molar-refractivity contribution >= 4 is 17.1 Å². The van der Waals surface area contributed by atoms with E-state index in [1.54, 1.807) is 4.67 Å². The minimum Gasteiger partial charge on any atom is -0.313 e. The molecule has 56 valence electrons. The molecular formula is C4H8N2O2P2. The molecule has 1 unspecified atom stereocenters. The van der Waals surface area contributed by atoms with E-state index in [2.05, 4.69) is 5.32 Å². The lowest BCUT2D eigenvalue weighted by molar-refractivity contribution is 0.343. The third-order valence-electron chi connectivity index (χ3n) is 1.42. The molecule has 0 amide bonds. The molecule has 10 heavy (non-hydrogen) atoms. The number of rotatable bonds is 2. The summed E-state index contributed by atoms with van der Waals surface area (Å²) < 4.78 is 22.4.